The van der Waals surface area contributed by atoms with Crippen molar-refractivity contribution in [3.05, 3.63) is 82.5 Å². The molecule has 5 nitrogen and oxygen atoms in total. The molecule has 0 saturated heterocycles. The molecule has 0 amide bonds. The molecule has 2 aromatic carbocycles. The summed E-state index contributed by atoms with van der Waals surface area (Å²) in [4.78, 5) is 12.6. The first-order valence-corrected chi connectivity index (χ1v) is 9.65. The number of hydrogen-bond donors (Lipinski definition) is 4. The van der Waals surface area contributed by atoms with Gasteiger partial charge in [-0.1, -0.05) is 35.9 Å². The highest BCUT2D eigenvalue weighted by atomic mass is 16.3. The summed E-state index contributed by atoms with van der Waals surface area (Å²) in [6.45, 7) is 9.23. The molecule has 158 valence electrons. The molecule has 0 bridgehead atoms. The zero-order valence-corrected chi connectivity index (χ0v) is 17.5. The number of phenolic OH excluding ortho intramolecular Hbond substituents is 3. The third-order valence-corrected chi connectivity index (χ3v) is 4.75. The second-order valence-corrected chi connectivity index (χ2v) is 7.60. The Bertz CT molecular complexity index is 1010. The lowest BCUT2D eigenvalue weighted by atomic mass is 9.99. The fraction of sp³-hybridized carbons (Fsp3) is 0.240. The second-order valence-electron chi connectivity index (χ2n) is 7.60. The highest BCUT2D eigenvalue weighted by molar-refractivity contribution is 6.09. The van der Waals surface area contributed by atoms with Gasteiger partial charge in [-0.15, -0.1) is 0 Å². The van der Waals surface area contributed by atoms with Crippen LogP contribution in [0.3, 0.4) is 0 Å². The smallest absolute Gasteiger partial charge is 0.189 e. The van der Waals surface area contributed by atoms with Gasteiger partial charge < -0.3 is 20.4 Å². The number of ketones is 1. The van der Waals surface area contributed by atoms with Crippen molar-refractivity contribution < 1.29 is 25.2 Å². The molecule has 2 rings (SSSR count). The maximum atomic E-state index is 12.6. The lowest BCUT2D eigenvalue weighted by molar-refractivity contribution is 0.104. The van der Waals surface area contributed by atoms with Crippen LogP contribution in [0.5, 0.6) is 17.2 Å². The van der Waals surface area contributed by atoms with Gasteiger partial charge in [0.05, 0.1) is 11.7 Å². The Hall–Kier alpha value is -3.31. The van der Waals surface area contributed by atoms with E-state index >= 15 is 0 Å². The summed E-state index contributed by atoms with van der Waals surface area (Å²) in [5.41, 5.74) is 3.22. The van der Waals surface area contributed by atoms with Crippen LogP contribution in [0.1, 0.15) is 47.8 Å². The van der Waals surface area contributed by atoms with Crippen LogP contribution in [-0.4, -0.2) is 32.3 Å². The molecule has 0 aliphatic rings. The Kier molecular flexibility index (Phi) is 7.61. The fourth-order valence-corrected chi connectivity index (χ4v) is 2.85. The second kappa shape index (κ2) is 9.94. The van der Waals surface area contributed by atoms with Gasteiger partial charge in [-0.05, 0) is 68.7 Å². The summed E-state index contributed by atoms with van der Waals surface area (Å²) in [5, 5.41) is 40.5. The number of aliphatic hydroxyl groups is 1. The van der Waals surface area contributed by atoms with Crippen molar-refractivity contribution in [1.82, 2.24) is 0 Å². The Labute approximate surface area is 177 Å². The van der Waals surface area contributed by atoms with Crippen molar-refractivity contribution in [2.24, 2.45) is 0 Å². The monoisotopic (exact) mass is 408 g/mol. The average molecular weight is 408 g/mol. The predicted octanol–water partition coefficient (Wildman–Crippen LogP) is 4.69. The van der Waals surface area contributed by atoms with E-state index in [1.807, 2.05) is 19.9 Å². The topological polar surface area (TPSA) is 98.0 Å². The Balaban J connectivity index is 2.27. The SMILES string of the molecule is C=C(C)C(O)Cc1cc(/C=C/C(=O)c2ccc(O)c(CC=C(C)C)c2O)ccc1O. The zero-order valence-electron chi connectivity index (χ0n) is 17.5. The normalized spacial score (nSPS) is 12.0. The fourth-order valence-electron chi connectivity index (χ4n) is 2.85. The first-order chi connectivity index (χ1) is 14.1. The summed E-state index contributed by atoms with van der Waals surface area (Å²) in [7, 11) is 0. The van der Waals surface area contributed by atoms with E-state index in [1.165, 1.54) is 24.3 Å². The summed E-state index contributed by atoms with van der Waals surface area (Å²) in [6, 6.07) is 7.61. The molecule has 4 N–H and O–H groups in total. The van der Waals surface area contributed by atoms with Gasteiger partial charge >= 0.3 is 0 Å². The van der Waals surface area contributed by atoms with Crippen molar-refractivity contribution in [1.29, 1.82) is 0 Å². The number of aliphatic hydroxyl groups excluding tert-OH is 1. The van der Waals surface area contributed by atoms with Crippen LogP contribution >= 0.6 is 0 Å². The molecule has 5 heteroatoms. The van der Waals surface area contributed by atoms with Crippen molar-refractivity contribution >= 4 is 11.9 Å². The molecule has 1 unspecified atom stereocenters. The maximum absolute atomic E-state index is 12.6. The van der Waals surface area contributed by atoms with Crippen LogP contribution in [-0.2, 0) is 12.8 Å². The van der Waals surface area contributed by atoms with Crippen LogP contribution in [0, 0.1) is 0 Å². The Morgan fingerprint density at radius 1 is 1.07 bits per heavy atom. The number of carbonyl (C=O) groups excluding carboxylic acids is 1. The number of carbonyl (C=O) groups is 1. The van der Waals surface area contributed by atoms with Gasteiger partial charge in [0.1, 0.15) is 17.2 Å². The van der Waals surface area contributed by atoms with Crippen LogP contribution in [0.25, 0.3) is 6.08 Å². The minimum Gasteiger partial charge on any atom is -0.508 e. The third kappa shape index (κ3) is 5.84. The van der Waals surface area contributed by atoms with E-state index in [1.54, 1.807) is 25.1 Å². The number of aromatic hydroxyl groups is 3. The van der Waals surface area contributed by atoms with E-state index in [9.17, 15) is 25.2 Å². The van der Waals surface area contributed by atoms with Crippen LogP contribution in [0.4, 0.5) is 0 Å². The van der Waals surface area contributed by atoms with Gasteiger partial charge in [-0.3, -0.25) is 4.79 Å². The first kappa shape index (κ1) is 23.0. The predicted molar refractivity (Wildman–Crippen MR) is 119 cm³/mol. The zero-order chi connectivity index (χ0) is 22.4. The van der Waals surface area contributed by atoms with Gasteiger partial charge in [0.15, 0.2) is 5.78 Å². The van der Waals surface area contributed by atoms with E-state index in [4.69, 9.17) is 0 Å². The summed E-state index contributed by atoms with van der Waals surface area (Å²) in [6.07, 6.45) is 4.50. The van der Waals surface area contributed by atoms with Crippen LogP contribution < -0.4 is 0 Å². The number of phenols is 3. The minimum atomic E-state index is -0.773. The molecule has 0 heterocycles. The summed E-state index contributed by atoms with van der Waals surface area (Å²) < 4.78 is 0. The molecule has 0 aliphatic carbocycles. The average Bonchev–Trinajstić information content (AvgIpc) is 2.67. The molecular weight excluding hydrogens is 380 g/mol. The summed E-state index contributed by atoms with van der Waals surface area (Å²) >= 11 is 0. The standard InChI is InChI=1S/C25H28O5/c1-15(2)5-8-19-23(28)12-9-20(25(19)30)22(27)11-7-17-6-10-21(26)18(13-17)14-24(29)16(3)4/h5-7,9-13,24,26,28-30H,3,8,14H2,1-2,4H3/b11-7+. The minimum absolute atomic E-state index is 0.0545. The number of benzene rings is 2. The van der Waals surface area contributed by atoms with Gasteiger partial charge in [-0.25, -0.2) is 0 Å². The number of rotatable bonds is 8. The quantitative estimate of drug-likeness (QED) is 0.289. The largest absolute Gasteiger partial charge is 0.508 e. The molecule has 2 aromatic rings. The van der Waals surface area contributed by atoms with Gasteiger partial charge in [0.2, 0.25) is 0 Å². The summed E-state index contributed by atoms with van der Waals surface area (Å²) in [5.74, 6) is -0.663. The van der Waals surface area contributed by atoms with E-state index in [2.05, 4.69) is 6.58 Å². The van der Waals surface area contributed by atoms with E-state index in [0.29, 0.717) is 28.7 Å². The van der Waals surface area contributed by atoms with Crippen molar-refractivity contribution in [2.45, 2.75) is 39.7 Å². The molecule has 0 aliphatic heterocycles. The highest BCUT2D eigenvalue weighted by Crippen LogP contribution is 2.32. The van der Waals surface area contributed by atoms with Crippen molar-refractivity contribution in [3.8, 4) is 17.2 Å². The highest BCUT2D eigenvalue weighted by Gasteiger charge is 2.16. The molecule has 0 spiro atoms. The number of allylic oxidation sites excluding steroid dienone is 3. The lowest BCUT2D eigenvalue weighted by Crippen LogP contribution is -2.11. The third-order valence-electron chi connectivity index (χ3n) is 4.75. The Morgan fingerprint density at radius 2 is 1.73 bits per heavy atom. The molecule has 1 atom stereocenters. The lowest BCUT2D eigenvalue weighted by Gasteiger charge is -2.12. The van der Waals surface area contributed by atoms with Gasteiger partial charge in [-0.2, -0.15) is 0 Å². The van der Waals surface area contributed by atoms with E-state index in [-0.39, 0.29) is 29.2 Å². The maximum Gasteiger partial charge on any atom is 0.189 e. The van der Waals surface area contributed by atoms with E-state index < -0.39 is 11.9 Å². The molecule has 0 saturated carbocycles. The molecule has 0 aromatic heterocycles. The van der Waals surface area contributed by atoms with Crippen LogP contribution in [0.2, 0.25) is 0 Å². The van der Waals surface area contributed by atoms with Crippen molar-refractivity contribution in [3.63, 3.8) is 0 Å². The van der Waals surface area contributed by atoms with E-state index in [0.717, 1.165) is 5.57 Å². The van der Waals surface area contributed by atoms with Gasteiger partial charge in [0.25, 0.3) is 0 Å². The van der Waals surface area contributed by atoms with Crippen molar-refractivity contribution in [2.75, 3.05) is 0 Å². The first-order valence-electron chi connectivity index (χ1n) is 9.65. The van der Waals surface area contributed by atoms with Crippen LogP contribution in [0.15, 0.2) is 60.2 Å². The molecule has 0 radical (unpaired) electrons. The molecule has 0 fully saturated rings. The van der Waals surface area contributed by atoms with Gasteiger partial charge in [0, 0.05) is 12.0 Å². The molecular formula is C25H28O5. The molecule has 30 heavy (non-hydrogen) atoms. The Morgan fingerprint density at radius 3 is 2.37 bits per heavy atom. The number of hydrogen-bond acceptors (Lipinski definition) is 5.